The molecule has 0 saturated carbocycles. The van der Waals surface area contributed by atoms with Gasteiger partial charge >= 0.3 is 0 Å². The van der Waals surface area contributed by atoms with Gasteiger partial charge in [0.05, 0.1) is 0 Å². The molecule has 2 aromatic rings. The molecule has 5 heteroatoms. The van der Waals surface area contributed by atoms with Gasteiger partial charge < -0.3 is 15.5 Å². The normalized spacial score (nSPS) is 11.1. The van der Waals surface area contributed by atoms with E-state index >= 15 is 0 Å². The van der Waals surface area contributed by atoms with Gasteiger partial charge in [0, 0.05) is 38.8 Å². The molecule has 2 N–H and O–H groups in total. The Morgan fingerprint density at radius 1 is 0.885 bits per heavy atom. The molecule has 0 aliphatic rings. The van der Waals surface area contributed by atoms with Gasteiger partial charge in [0.25, 0.3) is 5.91 Å². The first-order valence-electron chi connectivity index (χ1n) is 9.04. The van der Waals surface area contributed by atoms with Crippen molar-refractivity contribution in [3.8, 4) is 0 Å². The molecule has 0 radical (unpaired) electrons. The summed E-state index contributed by atoms with van der Waals surface area (Å²) in [6, 6.07) is 17.9. The Hall–Kier alpha value is -2.82. The topological polar surface area (TPSA) is 56.7 Å². The number of amides is 1. The Morgan fingerprint density at radius 2 is 1.42 bits per heavy atom. The van der Waals surface area contributed by atoms with Gasteiger partial charge in [-0.15, -0.1) is 0 Å². The van der Waals surface area contributed by atoms with Crippen molar-refractivity contribution in [2.24, 2.45) is 4.99 Å². The van der Waals surface area contributed by atoms with E-state index in [1.807, 2.05) is 61.2 Å². The summed E-state index contributed by atoms with van der Waals surface area (Å²) in [7, 11) is 1.76. The molecule has 0 saturated heterocycles. The van der Waals surface area contributed by atoms with Crippen LogP contribution in [0.5, 0.6) is 0 Å². The van der Waals surface area contributed by atoms with Crippen LogP contribution in [0.15, 0.2) is 59.6 Å². The predicted molar refractivity (Wildman–Crippen MR) is 107 cm³/mol. The van der Waals surface area contributed by atoms with E-state index in [4.69, 9.17) is 0 Å². The summed E-state index contributed by atoms with van der Waals surface area (Å²) in [6.07, 6.45) is 0. The van der Waals surface area contributed by atoms with Crippen LogP contribution < -0.4 is 10.6 Å². The second-order valence-electron chi connectivity index (χ2n) is 5.94. The lowest BCUT2D eigenvalue weighted by Crippen LogP contribution is -2.36. The molecule has 5 nitrogen and oxygen atoms in total. The highest BCUT2D eigenvalue weighted by Crippen LogP contribution is 2.08. The Kier molecular flexibility index (Phi) is 7.68. The predicted octanol–water partition coefficient (Wildman–Crippen LogP) is 3.03. The molecule has 0 bridgehead atoms. The minimum Gasteiger partial charge on any atom is -0.352 e. The van der Waals surface area contributed by atoms with E-state index in [0.717, 1.165) is 36.7 Å². The van der Waals surface area contributed by atoms with Crippen molar-refractivity contribution in [3.05, 3.63) is 71.3 Å². The molecule has 2 rings (SSSR count). The number of nitrogens with one attached hydrogen (secondary N) is 2. The average molecular weight is 352 g/mol. The summed E-state index contributed by atoms with van der Waals surface area (Å²) in [4.78, 5) is 18.4. The molecule has 0 atom stereocenters. The molecule has 2 aromatic carbocycles. The van der Waals surface area contributed by atoms with Crippen LogP contribution >= 0.6 is 0 Å². The number of carbonyl (C=O) groups is 1. The van der Waals surface area contributed by atoms with Crippen LogP contribution in [0.25, 0.3) is 0 Å². The van der Waals surface area contributed by atoms with Gasteiger partial charge in [-0.3, -0.25) is 9.79 Å². The van der Waals surface area contributed by atoms with Gasteiger partial charge in [-0.25, -0.2) is 0 Å². The Morgan fingerprint density at radius 3 is 1.92 bits per heavy atom. The third kappa shape index (κ3) is 5.62. The van der Waals surface area contributed by atoms with Gasteiger partial charge in [0.2, 0.25) is 0 Å². The van der Waals surface area contributed by atoms with E-state index in [0.29, 0.717) is 6.54 Å². The van der Waals surface area contributed by atoms with E-state index in [-0.39, 0.29) is 5.91 Å². The minimum atomic E-state index is 0.0786. The standard InChI is InChI=1S/C21H28N4O/c1-4-25(5-2)20(26)19-13-11-18(12-14-19)16-24-21(22-3)23-15-17-9-7-6-8-10-17/h6-14H,4-5,15-16H2,1-3H3,(H2,22,23,24). The zero-order valence-electron chi connectivity index (χ0n) is 15.8. The number of nitrogens with zero attached hydrogens (tertiary/aromatic N) is 2. The lowest BCUT2D eigenvalue weighted by molar-refractivity contribution is 0.0773. The summed E-state index contributed by atoms with van der Waals surface area (Å²) in [5.41, 5.74) is 3.03. The quantitative estimate of drug-likeness (QED) is 0.595. The number of guanidine groups is 1. The number of carbonyl (C=O) groups excluding carboxylic acids is 1. The van der Waals surface area contributed by atoms with Gasteiger partial charge in [0.1, 0.15) is 0 Å². The molecular weight excluding hydrogens is 324 g/mol. The summed E-state index contributed by atoms with van der Waals surface area (Å²) in [5.74, 6) is 0.826. The fraction of sp³-hybridized carbons (Fsp3) is 0.333. The van der Waals surface area contributed by atoms with Crippen molar-refractivity contribution in [1.82, 2.24) is 15.5 Å². The van der Waals surface area contributed by atoms with Crippen molar-refractivity contribution in [3.63, 3.8) is 0 Å². The van der Waals surface area contributed by atoms with Crippen LogP contribution in [0.3, 0.4) is 0 Å². The number of hydrogen-bond acceptors (Lipinski definition) is 2. The van der Waals surface area contributed by atoms with Gasteiger partial charge in [-0.2, -0.15) is 0 Å². The van der Waals surface area contributed by atoms with Crippen molar-refractivity contribution in [2.45, 2.75) is 26.9 Å². The first-order chi connectivity index (χ1) is 12.7. The molecular formula is C21H28N4O. The lowest BCUT2D eigenvalue weighted by Gasteiger charge is -2.18. The largest absolute Gasteiger partial charge is 0.352 e. The highest BCUT2D eigenvalue weighted by molar-refractivity contribution is 5.94. The SMILES string of the molecule is CCN(CC)C(=O)c1ccc(CNC(=NC)NCc2ccccc2)cc1. The average Bonchev–Trinajstić information content (AvgIpc) is 2.70. The summed E-state index contributed by atoms with van der Waals surface area (Å²) >= 11 is 0. The summed E-state index contributed by atoms with van der Waals surface area (Å²) in [6.45, 7) is 6.80. The third-order valence-electron chi connectivity index (χ3n) is 4.24. The fourth-order valence-corrected chi connectivity index (χ4v) is 2.65. The maximum absolute atomic E-state index is 12.3. The van der Waals surface area contributed by atoms with Gasteiger partial charge in [-0.1, -0.05) is 42.5 Å². The second-order valence-corrected chi connectivity index (χ2v) is 5.94. The maximum Gasteiger partial charge on any atom is 0.253 e. The maximum atomic E-state index is 12.3. The molecule has 138 valence electrons. The molecule has 0 heterocycles. The Balaban J connectivity index is 1.87. The van der Waals surface area contributed by atoms with Crippen LogP contribution in [0, 0.1) is 0 Å². The van der Waals surface area contributed by atoms with Crippen LogP contribution in [0.4, 0.5) is 0 Å². The first kappa shape index (κ1) is 19.5. The molecule has 0 aliphatic heterocycles. The number of rotatable bonds is 7. The molecule has 0 aromatic heterocycles. The molecule has 26 heavy (non-hydrogen) atoms. The number of aliphatic imine (C=N–C) groups is 1. The van der Waals surface area contributed by atoms with E-state index < -0.39 is 0 Å². The van der Waals surface area contributed by atoms with Crippen molar-refractivity contribution < 1.29 is 4.79 Å². The van der Waals surface area contributed by atoms with Crippen LogP contribution in [-0.2, 0) is 13.1 Å². The summed E-state index contributed by atoms with van der Waals surface area (Å²) in [5, 5.41) is 6.59. The van der Waals surface area contributed by atoms with Gasteiger partial charge in [0.15, 0.2) is 5.96 Å². The molecule has 1 amide bonds. The third-order valence-corrected chi connectivity index (χ3v) is 4.24. The molecule has 0 spiro atoms. The van der Waals surface area contributed by atoms with Crippen LogP contribution in [0.1, 0.15) is 35.3 Å². The second kappa shape index (κ2) is 10.2. The molecule has 0 aliphatic carbocycles. The van der Waals surface area contributed by atoms with E-state index in [2.05, 4.69) is 27.8 Å². The number of benzene rings is 2. The Labute approximate surface area is 156 Å². The first-order valence-corrected chi connectivity index (χ1v) is 9.04. The summed E-state index contributed by atoms with van der Waals surface area (Å²) < 4.78 is 0. The lowest BCUT2D eigenvalue weighted by atomic mass is 10.1. The highest BCUT2D eigenvalue weighted by Gasteiger charge is 2.11. The van der Waals surface area contributed by atoms with E-state index in [1.54, 1.807) is 7.05 Å². The van der Waals surface area contributed by atoms with E-state index in [1.165, 1.54) is 5.56 Å². The minimum absolute atomic E-state index is 0.0786. The van der Waals surface area contributed by atoms with E-state index in [9.17, 15) is 4.79 Å². The zero-order valence-corrected chi connectivity index (χ0v) is 15.8. The van der Waals surface area contributed by atoms with Crippen molar-refractivity contribution >= 4 is 11.9 Å². The van der Waals surface area contributed by atoms with Crippen molar-refractivity contribution in [2.75, 3.05) is 20.1 Å². The zero-order chi connectivity index (χ0) is 18.8. The molecule has 0 fully saturated rings. The van der Waals surface area contributed by atoms with Crippen LogP contribution in [0.2, 0.25) is 0 Å². The fourth-order valence-electron chi connectivity index (χ4n) is 2.65. The highest BCUT2D eigenvalue weighted by atomic mass is 16.2. The monoisotopic (exact) mass is 352 g/mol. The van der Waals surface area contributed by atoms with Crippen molar-refractivity contribution in [1.29, 1.82) is 0 Å². The Bertz CT molecular complexity index is 707. The number of hydrogen-bond donors (Lipinski definition) is 2. The smallest absolute Gasteiger partial charge is 0.253 e. The van der Waals surface area contributed by atoms with Crippen LogP contribution in [-0.4, -0.2) is 36.9 Å². The molecule has 0 unspecified atom stereocenters. The van der Waals surface area contributed by atoms with Gasteiger partial charge in [-0.05, 0) is 37.1 Å².